The van der Waals surface area contributed by atoms with Gasteiger partial charge in [0.15, 0.2) is 0 Å². The number of sulfonamides is 1. The van der Waals surface area contributed by atoms with Gasteiger partial charge >= 0.3 is 12.1 Å². The minimum absolute atomic E-state index is 0.260. The molecule has 0 unspecified atom stereocenters. The highest BCUT2D eigenvalue weighted by molar-refractivity contribution is 7.89. The second-order valence-electron chi connectivity index (χ2n) is 3.47. The summed E-state index contributed by atoms with van der Waals surface area (Å²) in [7, 11) is -4.05. The highest BCUT2D eigenvalue weighted by Crippen LogP contribution is 2.23. The lowest BCUT2D eigenvalue weighted by Gasteiger charge is -2.11. The molecule has 0 atom stereocenters. The normalized spacial score (nSPS) is 12.3. The molecule has 0 aliphatic rings. The molecule has 0 fully saturated rings. The van der Waals surface area contributed by atoms with Gasteiger partial charge in [0.05, 0.1) is 4.90 Å². The number of aryl methyl sites for hydroxylation is 1. The zero-order chi connectivity index (χ0) is 14.1. The number of alkyl halides is 3. The summed E-state index contributed by atoms with van der Waals surface area (Å²) in [6.45, 7) is 1.42. The average Bonchev–Trinajstić information content (AvgIpc) is 2.18. The predicted molar refractivity (Wildman–Crippen MR) is 57.2 cm³/mol. The van der Waals surface area contributed by atoms with E-state index in [0.29, 0.717) is 0 Å². The van der Waals surface area contributed by atoms with Crippen LogP contribution in [0.3, 0.4) is 0 Å². The first-order valence-corrected chi connectivity index (χ1v) is 6.08. The smallest absolute Gasteiger partial charge is 0.318 e. The largest absolute Gasteiger partial charge is 0.471 e. The van der Waals surface area contributed by atoms with Crippen LogP contribution in [0.15, 0.2) is 23.1 Å². The van der Waals surface area contributed by atoms with E-state index in [0.717, 1.165) is 12.1 Å². The van der Waals surface area contributed by atoms with Crippen LogP contribution in [0.25, 0.3) is 0 Å². The number of carbonyl (C=O) groups is 1. The van der Waals surface area contributed by atoms with Crippen LogP contribution in [0.4, 0.5) is 18.9 Å². The molecule has 5 nitrogen and oxygen atoms in total. The molecule has 0 bridgehead atoms. The van der Waals surface area contributed by atoms with E-state index >= 15 is 0 Å². The Labute approximate surface area is 101 Å². The molecule has 0 spiro atoms. The Morgan fingerprint density at radius 1 is 1.33 bits per heavy atom. The lowest BCUT2D eigenvalue weighted by atomic mass is 10.2. The third-order valence-electron chi connectivity index (χ3n) is 2.04. The topological polar surface area (TPSA) is 89.3 Å². The van der Waals surface area contributed by atoms with Gasteiger partial charge < -0.3 is 5.32 Å². The van der Waals surface area contributed by atoms with Gasteiger partial charge in [0.25, 0.3) is 0 Å². The first-order valence-electron chi connectivity index (χ1n) is 4.53. The first kappa shape index (κ1) is 14.5. The van der Waals surface area contributed by atoms with Gasteiger partial charge in [-0.1, -0.05) is 6.07 Å². The standard InChI is InChI=1S/C9H9F3N2O3S/c1-5-2-3-6(18(13,16)17)4-7(5)14-8(15)9(10,11)12/h2-4H,1H3,(H,14,15)(H2,13,16,17). The summed E-state index contributed by atoms with van der Waals surface area (Å²) in [5, 5.41) is 6.41. The first-order chi connectivity index (χ1) is 8.01. The van der Waals surface area contributed by atoms with Crippen molar-refractivity contribution in [2.45, 2.75) is 18.0 Å². The Morgan fingerprint density at radius 3 is 2.33 bits per heavy atom. The van der Waals surface area contributed by atoms with Crippen LogP contribution in [0.1, 0.15) is 5.56 Å². The lowest BCUT2D eigenvalue weighted by Crippen LogP contribution is -2.30. The Kier molecular flexibility index (Phi) is 3.67. The van der Waals surface area contributed by atoms with E-state index in [1.165, 1.54) is 13.0 Å². The lowest BCUT2D eigenvalue weighted by molar-refractivity contribution is -0.167. The van der Waals surface area contributed by atoms with Crippen molar-refractivity contribution in [2.75, 3.05) is 5.32 Å². The zero-order valence-corrected chi connectivity index (χ0v) is 9.89. The third-order valence-corrected chi connectivity index (χ3v) is 2.95. The molecule has 3 N–H and O–H groups in total. The Hall–Kier alpha value is -1.61. The molecular formula is C9H9F3N2O3S. The number of anilines is 1. The van der Waals surface area contributed by atoms with Gasteiger partial charge in [0.2, 0.25) is 10.0 Å². The fraction of sp³-hybridized carbons (Fsp3) is 0.222. The van der Waals surface area contributed by atoms with Gasteiger partial charge in [-0.05, 0) is 24.6 Å². The minimum atomic E-state index is -5.05. The maximum atomic E-state index is 12.0. The molecule has 0 aliphatic carbocycles. The van der Waals surface area contributed by atoms with Crippen molar-refractivity contribution in [1.29, 1.82) is 0 Å². The fourth-order valence-corrected chi connectivity index (χ4v) is 1.65. The van der Waals surface area contributed by atoms with Crippen LogP contribution in [0, 0.1) is 6.92 Å². The monoisotopic (exact) mass is 282 g/mol. The molecule has 18 heavy (non-hydrogen) atoms. The van der Waals surface area contributed by atoms with Crippen LogP contribution < -0.4 is 10.5 Å². The van der Waals surface area contributed by atoms with Gasteiger partial charge in [0.1, 0.15) is 0 Å². The molecule has 1 aromatic carbocycles. The summed E-state index contributed by atoms with van der Waals surface area (Å²) in [4.78, 5) is 10.3. The molecule has 0 saturated carbocycles. The number of nitrogens with two attached hydrogens (primary N) is 1. The van der Waals surface area contributed by atoms with Crippen molar-refractivity contribution in [3.63, 3.8) is 0 Å². The Bertz CT molecular complexity index is 581. The summed E-state index contributed by atoms with van der Waals surface area (Å²) in [6.07, 6.45) is -5.05. The van der Waals surface area contributed by atoms with Gasteiger partial charge in [-0.3, -0.25) is 4.79 Å². The van der Waals surface area contributed by atoms with Crippen LogP contribution in [0.2, 0.25) is 0 Å². The van der Waals surface area contributed by atoms with Crippen LogP contribution in [-0.2, 0) is 14.8 Å². The van der Waals surface area contributed by atoms with E-state index in [-0.39, 0.29) is 16.1 Å². The number of hydrogen-bond acceptors (Lipinski definition) is 3. The Morgan fingerprint density at radius 2 is 1.89 bits per heavy atom. The summed E-state index contributed by atoms with van der Waals surface area (Å²) < 4.78 is 58.2. The van der Waals surface area contributed by atoms with Gasteiger partial charge in [-0.15, -0.1) is 0 Å². The van der Waals surface area contributed by atoms with Crippen molar-refractivity contribution < 1.29 is 26.4 Å². The quantitative estimate of drug-likeness (QED) is 0.852. The number of hydrogen-bond donors (Lipinski definition) is 2. The van der Waals surface area contributed by atoms with Crippen molar-refractivity contribution >= 4 is 21.6 Å². The van der Waals surface area contributed by atoms with Gasteiger partial charge in [0, 0.05) is 5.69 Å². The van der Waals surface area contributed by atoms with E-state index < -0.39 is 22.1 Å². The molecule has 0 heterocycles. The number of primary sulfonamides is 1. The van der Waals surface area contributed by atoms with Crippen molar-refractivity contribution in [3.05, 3.63) is 23.8 Å². The molecule has 1 rings (SSSR count). The highest BCUT2D eigenvalue weighted by Gasteiger charge is 2.38. The molecule has 1 amide bonds. The molecule has 9 heteroatoms. The molecular weight excluding hydrogens is 273 g/mol. The molecule has 0 radical (unpaired) electrons. The maximum Gasteiger partial charge on any atom is 0.471 e. The van der Waals surface area contributed by atoms with Crippen molar-refractivity contribution in [3.8, 4) is 0 Å². The predicted octanol–water partition coefficient (Wildman–Crippen LogP) is 1.14. The molecule has 0 aliphatic heterocycles. The summed E-state index contributed by atoms with van der Waals surface area (Å²) in [6, 6.07) is 3.24. The second kappa shape index (κ2) is 4.58. The van der Waals surface area contributed by atoms with Crippen molar-refractivity contribution in [2.24, 2.45) is 5.14 Å². The SMILES string of the molecule is Cc1ccc(S(N)(=O)=O)cc1NC(=O)C(F)(F)F. The fourth-order valence-electron chi connectivity index (χ4n) is 1.11. The van der Waals surface area contributed by atoms with E-state index in [4.69, 9.17) is 5.14 Å². The number of nitrogens with one attached hydrogen (secondary N) is 1. The molecule has 0 aromatic heterocycles. The Balaban J connectivity index is 3.14. The second-order valence-corrected chi connectivity index (χ2v) is 5.04. The highest BCUT2D eigenvalue weighted by atomic mass is 32.2. The minimum Gasteiger partial charge on any atom is -0.318 e. The van der Waals surface area contributed by atoms with Crippen LogP contribution in [0.5, 0.6) is 0 Å². The summed E-state index contributed by atoms with van der Waals surface area (Å²) in [5.41, 5.74) is 0.0175. The van der Waals surface area contributed by atoms with E-state index in [9.17, 15) is 26.4 Å². The number of halogens is 3. The average molecular weight is 282 g/mol. The van der Waals surface area contributed by atoms with Gasteiger partial charge in [-0.2, -0.15) is 13.2 Å². The summed E-state index contributed by atoms with van der Waals surface area (Å²) in [5.74, 6) is -2.18. The summed E-state index contributed by atoms with van der Waals surface area (Å²) >= 11 is 0. The number of rotatable bonds is 2. The third kappa shape index (κ3) is 3.44. The van der Waals surface area contributed by atoms with E-state index in [2.05, 4.69) is 0 Å². The zero-order valence-electron chi connectivity index (χ0n) is 9.08. The van der Waals surface area contributed by atoms with E-state index in [1.54, 1.807) is 5.32 Å². The number of benzene rings is 1. The van der Waals surface area contributed by atoms with Crippen LogP contribution in [-0.4, -0.2) is 20.5 Å². The molecule has 0 saturated heterocycles. The van der Waals surface area contributed by atoms with E-state index in [1.807, 2.05) is 0 Å². The van der Waals surface area contributed by atoms with Crippen LogP contribution >= 0.6 is 0 Å². The molecule has 1 aromatic rings. The maximum absolute atomic E-state index is 12.0. The molecule has 100 valence electrons. The van der Waals surface area contributed by atoms with Crippen molar-refractivity contribution in [1.82, 2.24) is 0 Å². The number of amides is 1. The number of carbonyl (C=O) groups excluding carboxylic acids is 1. The van der Waals surface area contributed by atoms with Gasteiger partial charge in [-0.25, -0.2) is 13.6 Å².